The van der Waals surface area contributed by atoms with E-state index in [0.29, 0.717) is 11.8 Å². The Morgan fingerprint density at radius 2 is 2.19 bits per heavy atom. The summed E-state index contributed by atoms with van der Waals surface area (Å²) in [7, 11) is 0. The normalized spacial score (nSPS) is 27.8. The number of benzene rings is 1. The van der Waals surface area contributed by atoms with E-state index in [1.54, 1.807) is 0 Å². The van der Waals surface area contributed by atoms with E-state index in [0.717, 1.165) is 19.4 Å². The molecule has 1 fully saturated rings. The highest BCUT2D eigenvalue weighted by atomic mass is 16.1. The van der Waals surface area contributed by atoms with Gasteiger partial charge in [-0.3, -0.25) is 4.79 Å². The van der Waals surface area contributed by atoms with Gasteiger partial charge >= 0.3 is 0 Å². The molecule has 0 saturated heterocycles. The van der Waals surface area contributed by atoms with Gasteiger partial charge in [-0.25, -0.2) is 0 Å². The number of Topliss-reactive ketones (excluding diaryl/α,β-unsaturated/α-hetero) is 1. The van der Waals surface area contributed by atoms with Crippen molar-refractivity contribution in [2.24, 2.45) is 0 Å². The second kappa shape index (κ2) is 3.62. The van der Waals surface area contributed by atoms with Crippen molar-refractivity contribution < 1.29 is 4.79 Å². The Morgan fingerprint density at radius 1 is 1.38 bits per heavy atom. The van der Waals surface area contributed by atoms with Gasteiger partial charge in [-0.1, -0.05) is 18.2 Å². The summed E-state index contributed by atoms with van der Waals surface area (Å²) in [6.07, 6.45) is 3.00. The molecular weight excluding hydrogens is 198 g/mol. The molecule has 2 aliphatic rings. The van der Waals surface area contributed by atoms with Crippen molar-refractivity contribution in [3.8, 4) is 0 Å². The van der Waals surface area contributed by atoms with Gasteiger partial charge in [0.25, 0.3) is 0 Å². The third kappa shape index (κ3) is 1.22. The van der Waals surface area contributed by atoms with E-state index in [1.807, 2.05) is 0 Å². The highest BCUT2D eigenvalue weighted by Gasteiger charge is 2.43. The summed E-state index contributed by atoms with van der Waals surface area (Å²) in [4.78, 5) is 14.5. The Morgan fingerprint density at radius 3 is 3.00 bits per heavy atom. The predicted molar refractivity (Wildman–Crippen MR) is 64.8 cm³/mol. The van der Waals surface area contributed by atoms with Crippen LogP contribution in [0.4, 0.5) is 5.69 Å². The standard InChI is InChI=1S/C14H17NO/c1-2-15-11-7-4-3-6-10(11)14-12(15)8-5-9-13(14)16/h3-4,6-7,12,14H,2,5,8-9H2,1H3. The van der Waals surface area contributed by atoms with E-state index in [-0.39, 0.29) is 5.92 Å². The molecule has 1 aromatic rings. The Labute approximate surface area is 96.3 Å². The maximum Gasteiger partial charge on any atom is 0.142 e. The highest BCUT2D eigenvalue weighted by Crippen LogP contribution is 2.45. The van der Waals surface area contributed by atoms with Gasteiger partial charge in [0, 0.05) is 24.7 Å². The smallest absolute Gasteiger partial charge is 0.142 e. The fourth-order valence-electron chi connectivity index (χ4n) is 3.33. The van der Waals surface area contributed by atoms with Gasteiger partial charge in [0.2, 0.25) is 0 Å². The Balaban J connectivity index is 2.10. The number of para-hydroxylation sites is 1. The number of nitrogens with zero attached hydrogens (tertiary/aromatic N) is 1. The van der Waals surface area contributed by atoms with E-state index in [2.05, 4.69) is 36.1 Å². The Bertz CT molecular complexity index is 426. The number of hydrogen-bond acceptors (Lipinski definition) is 2. The lowest BCUT2D eigenvalue weighted by Gasteiger charge is -2.31. The summed E-state index contributed by atoms with van der Waals surface area (Å²) in [6.45, 7) is 3.18. The van der Waals surface area contributed by atoms with Crippen LogP contribution in [0.5, 0.6) is 0 Å². The van der Waals surface area contributed by atoms with Crippen LogP contribution in [0.15, 0.2) is 24.3 Å². The lowest BCUT2D eigenvalue weighted by Crippen LogP contribution is -2.39. The number of carbonyl (C=O) groups excluding carboxylic acids is 1. The van der Waals surface area contributed by atoms with E-state index in [9.17, 15) is 4.79 Å². The molecule has 2 atom stereocenters. The molecular formula is C14H17NO. The fraction of sp³-hybridized carbons (Fsp3) is 0.500. The fourth-order valence-corrected chi connectivity index (χ4v) is 3.33. The number of carbonyl (C=O) groups is 1. The van der Waals surface area contributed by atoms with Gasteiger partial charge in [-0.05, 0) is 31.4 Å². The Hall–Kier alpha value is -1.31. The largest absolute Gasteiger partial charge is 0.368 e. The molecule has 84 valence electrons. The van der Waals surface area contributed by atoms with Gasteiger partial charge in [0.15, 0.2) is 0 Å². The van der Waals surface area contributed by atoms with Crippen LogP contribution in [0.3, 0.4) is 0 Å². The van der Waals surface area contributed by atoms with Gasteiger partial charge < -0.3 is 4.90 Å². The summed E-state index contributed by atoms with van der Waals surface area (Å²) in [6, 6.07) is 8.85. The molecule has 2 heteroatoms. The Kier molecular flexibility index (Phi) is 2.23. The van der Waals surface area contributed by atoms with Crippen molar-refractivity contribution in [2.75, 3.05) is 11.4 Å². The van der Waals surface area contributed by atoms with Crippen LogP contribution in [0, 0.1) is 0 Å². The zero-order chi connectivity index (χ0) is 11.1. The first-order valence-corrected chi connectivity index (χ1v) is 6.21. The summed E-state index contributed by atoms with van der Waals surface area (Å²) >= 11 is 0. The van der Waals surface area contributed by atoms with Gasteiger partial charge in [0.1, 0.15) is 5.78 Å². The van der Waals surface area contributed by atoms with Crippen LogP contribution in [-0.2, 0) is 4.79 Å². The molecule has 1 aromatic carbocycles. The van der Waals surface area contributed by atoms with Crippen LogP contribution >= 0.6 is 0 Å². The van der Waals surface area contributed by atoms with Crippen molar-refractivity contribution in [1.29, 1.82) is 0 Å². The van der Waals surface area contributed by atoms with Crippen LogP contribution in [0.1, 0.15) is 37.7 Å². The molecule has 1 aliphatic heterocycles. The van der Waals surface area contributed by atoms with Crippen molar-refractivity contribution in [1.82, 2.24) is 0 Å². The second-order valence-electron chi connectivity index (χ2n) is 4.75. The lowest BCUT2D eigenvalue weighted by molar-refractivity contribution is -0.122. The predicted octanol–water partition coefficient (Wildman–Crippen LogP) is 2.73. The molecule has 0 radical (unpaired) electrons. The minimum atomic E-state index is 0.157. The number of rotatable bonds is 1. The maximum atomic E-state index is 12.1. The second-order valence-corrected chi connectivity index (χ2v) is 4.75. The monoisotopic (exact) mass is 215 g/mol. The minimum absolute atomic E-state index is 0.157. The van der Waals surface area contributed by atoms with E-state index in [4.69, 9.17) is 0 Å². The van der Waals surface area contributed by atoms with E-state index in [1.165, 1.54) is 17.7 Å². The minimum Gasteiger partial charge on any atom is -0.368 e. The van der Waals surface area contributed by atoms with Gasteiger partial charge in [-0.2, -0.15) is 0 Å². The molecule has 0 aromatic heterocycles. The molecule has 0 spiro atoms. The molecule has 0 N–H and O–H groups in total. The highest BCUT2D eigenvalue weighted by molar-refractivity contribution is 5.91. The quantitative estimate of drug-likeness (QED) is 0.718. The summed E-state index contributed by atoms with van der Waals surface area (Å²) in [5.41, 5.74) is 2.55. The molecule has 3 rings (SSSR count). The molecule has 0 amide bonds. The first-order chi connectivity index (χ1) is 7.83. The number of ketones is 1. The first kappa shape index (κ1) is 9.88. The number of hydrogen-bond donors (Lipinski definition) is 0. The molecule has 1 saturated carbocycles. The number of fused-ring (bicyclic) bond motifs is 3. The third-order valence-corrected chi connectivity index (χ3v) is 3.98. The average Bonchev–Trinajstić information content (AvgIpc) is 2.64. The molecule has 1 aliphatic carbocycles. The van der Waals surface area contributed by atoms with E-state index >= 15 is 0 Å². The van der Waals surface area contributed by atoms with Crippen LogP contribution in [0.25, 0.3) is 0 Å². The third-order valence-electron chi connectivity index (χ3n) is 3.98. The van der Waals surface area contributed by atoms with Gasteiger partial charge in [-0.15, -0.1) is 0 Å². The molecule has 2 unspecified atom stereocenters. The summed E-state index contributed by atoms with van der Waals surface area (Å²) in [5.74, 6) is 0.601. The topological polar surface area (TPSA) is 20.3 Å². The van der Waals surface area contributed by atoms with Crippen LogP contribution in [0.2, 0.25) is 0 Å². The first-order valence-electron chi connectivity index (χ1n) is 6.21. The van der Waals surface area contributed by atoms with Crippen LogP contribution < -0.4 is 4.90 Å². The lowest BCUT2D eigenvalue weighted by atomic mass is 9.81. The van der Waals surface area contributed by atoms with Crippen molar-refractivity contribution in [3.05, 3.63) is 29.8 Å². The zero-order valence-electron chi connectivity index (χ0n) is 9.65. The van der Waals surface area contributed by atoms with Crippen molar-refractivity contribution in [3.63, 3.8) is 0 Å². The molecule has 0 bridgehead atoms. The van der Waals surface area contributed by atoms with Crippen LogP contribution in [-0.4, -0.2) is 18.4 Å². The summed E-state index contributed by atoms with van der Waals surface area (Å²) < 4.78 is 0. The molecule has 1 heterocycles. The number of likely N-dealkylation sites (N-methyl/N-ethyl adjacent to an activating group) is 1. The SMILES string of the molecule is CCN1c2ccccc2C2C(=O)CCCC21. The molecule has 2 nitrogen and oxygen atoms in total. The summed E-state index contributed by atoms with van der Waals surface area (Å²) in [5, 5.41) is 0. The average molecular weight is 215 g/mol. The molecule has 16 heavy (non-hydrogen) atoms. The van der Waals surface area contributed by atoms with Crippen molar-refractivity contribution >= 4 is 11.5 Å². The van der Waals surface area contributed by atoms with Crippen molar-refractivity contribution in [2.45, 2.75) is 38.1 Å². The maximum absolute atomic E-state index is 12.1. The van der Waals surface area contributed by atoms with E-state index < -0.39 is 0 Å². The van der Waals surface area contributed by atoms with Gasteiger partial charge in [0.05, 0.1) is 5.92 Å². The zero-order valence-corrected chi connectivity index (χ0v) is 9.65. The number of anilines is 1.